The third-order valence-electron chi connectivity index (χ3n) is 3.95. The van der Waals surface area contributed by atoms with Crippen molar-refractivity contribution in [3.8, 4) is 5.75 Å². The van der Waals surface area contributed by atoms with Crippen LogP contribution in [0, 0.1) is 6.92 Å². The minimum absolute atomic E-state index is 0.0449. The Kier molecular flexibility index (Phi) is 3.69. The monoisotopic (exact) mass is 286 g/mol. The lowest BCUT2D eigenvalue weighted by Crippen LogP contribution is -2.03. The lowest BCUT2D eigenvalue weighted by atomic mass is 9.92. The van der Waals surface area contributed by atoms with Crippen LogP contribution in [0.25, 0.3) is 0 Å². The van der Waals surface area contributed by atoms with Crippen LogP contribution in [0.5, 0.6) is 5.75 Å². The molecule has 0 unspecified atom stereocenters. The summed E-state index contributed by atoms with van der Waals surface area (Å²) in [5.41, 5.74) is 3.56. The Labute approximate surface area is 123 Å². The fourth-order valence-electron chi connectivity index (χ4n) is 2.73. The van der Waals surface area contributed by atoms with Crippen molar-refractivity contribution in [3.05, 3.63) is 52.5 Å². The molecule has 0 atom stereocenters. The maximum Gasteiger partial charge on any atom is 0.371 e. The molecule has 4 heteroatoms. The van der Waals surface area contributed by atoms with Gasteiger partial charge in [0.25, 0.3) is 0 Å². The van der Waals surface area contributed by atoms with Crippen molar-refractivity contribution >= 4 is 5.97 Å². The number of ether oxygens (including phenoxy) is 1. The number of benzene rings is 1. The van der Waals surface area contributed by atoms with Gasteiger partial charge in [-0.3, -0.25) is 0 Å². The van der Waals surface area contributed by atoms with E-state index in [1.54, 1.807) is 6.92 Å². The van der Waals surface area contributed by atoms with E-state index in [2.05, 4.69) is 12.1 Å². The van der Waals surface area contributed by atoms with Gasteiger partial charge in [-0.1, -0.05) is 6.07 Å². The van der Waals surface area contributed by atoms with Crippen LogP contribution in [0.4, 0.5) is 0 Å². The van der Waals surface area contributed by atoms with E-state index in [0.29, 0.717) is 12.4 Å². The SMILES string of the molecule is Cc1oc(C(=O)O)cc1COc1ccc2c(c1)CCCC2. The third kappa shape index (κ3) is 2.94. The summed E-state index contributed by atoms with van der Waals surface area (Å²) < 4.78 is 11.0. The zero-order chi connectivity index (χ0) is 14.8. The Balaban J connectivity index is 1.71. The van der Waals surface area contributed by atoms with Crippen LogP contribution >= 0.6 is 0 Å². The minimum Gasteiger partial charge on any atom is -0.489 e. The van der Waals surface area contributed by atoms with Crippen LogP contribution in [0.2, 0.25) is 0 Å². The van der Waals surface area contributed by atoms with Crippen molar-refractivity contribution in [2.45, 2.75) is 39.2 Å². The zero-order valence-corrected chi connectivity index (χ0v) is 12.0. The lowest BCUT2D eigenvalue weighted by Gasteiger charge is -2.16. The lowest BCUT2D eigenvalue weighted by molar-refractivity contribution is 0.0661. The van der Waals surface area contributed by atoms with E-state index >= 15 is 0 Å². The molecule has 0 fully saturated rings. The van der Waals surface area contributed by atoms with Crippen LogP contribution in [0.3, 0.4) is 0 Å². The number of aryl methyl sites for hydroxylation is 3. The van der Waals surface area contributed by atoms with Gasteiger partial charge in [0, 0.05) is 5.56 Å². The van der Waals surface area contributed by atoms with E-state index in [1.165, 1.54) is 30.0 Å². The summed E-state index contributed by atoms with van der Waals surface area (Å²) in [6, 6.07) is 7.74. The van der Waals surface area contributed by atoms with Gasteiger partial charge in [0.05, 0.1) is 0 Å². The first-order chi connectivity index (χ1) is 10.1. The fraction of sp³-hybridized carbons (Fsp3) is 0.353. The molecule has 21 heavy (non-hydrogen) atoms. The highest BCUT2D eigenvalue weighted by Gasteiger charge is 2.14. The minimum atomic E-state index is -1.06. The van der Waals surface area contributed by atoms with Gasteiger partial charge in [-0.2, -0.15) is 0 Å². The molecular formula is C17H18O4. The van der Waals surface area contributed by atoms with Crippen molar-refractivity contribution in [2.24, 2.45) is 0 Å². The fourth-order valence-corrected chi connectivity index (χ4v) is 2.73. The molecule has 0 aliphatic heterocycles. The summed E-state index contributed by atoms with van der Waals surface area (Å²) in [6.07, 6.45) is 4.76. The highest BCUT2D eigenvalue weighted by Crippen LogP contribution is 2.26. The Hall–Kier alpha value is -2.23. The van der Waals surface area contributed by atoms with E-state index in [1.807, 2.05) is 6.07 Å². The molecule has 0 radical (unpaired) electrons. The van der Waals surface area contributed by atoms with Crippen LogP contribution in [-0.4, -0.2) is 11.1 Å². The number of rotatable bonds is 4. The Morgan fingerprint density at radius 3 is 2.71 bits per heavy atom. The summed E-state index contributed by atoms with van der Waals surface area (Å²) in [6.45, 7) is 2.07. The highest BCUT2D eigenvalue weighted by molar-refractivity contribution is 5.84. The van der Waals surface area contributed by atoms with Crippen molar-refractivity contribution in [1.29, 1.82) is 0 Å². The number of hydrogen-bond donors (Lipinski definition) is 1. The van der Waals surface area contributed by atoms with E-state index in [-0.39, 0.29) is 5.76 Å². The molecule has 1 aliphatic carbocycles. The zero-order valence-electron chi connectivity index (χ0n) is 12.0. The quantitative estimate of drug-likeness (QED) is 0.930. The van der Waals surface area contributed by atoms with Gasteiger partial charge in [-0.05, 0) is 61.9 Å². The van der Waals surface area contributed by atoms with Gasteiger partial charge in [-0.15, -0.1) is 0 Å². The van der Waals surface area contributed by atoms with Gasteiger partial charge >= 0.3 is 5.97 Å². The van der Waals surface area contributed by atoms with Crippen LogP contribution in [-0.2, 0) is 19.4 Å². The van der Waals surface area contributed by atoms with Gasteiger partial charge < -0.3 is 14.3 Å². The second-order valence-electron chi connectivity index (χ2n) is 5.42. The molecule has 3 rings (SSSR count). The molecule has 4 nitrogen and oxygen atoms in total. The number of fused-ring (bicyclic) bond motifs is 1. The molecule has 0 bridgehead atoms. The molecule has 0 amide bonds. The smallest absolute Gasteiger partial charge is 0.371 e. The van der Waals surface area contributed by atoms with E-state index < -0.39 is 5.97 Å². The van der Waals surface area contributed by atoms with Gasteiger partial charge in [0.2, 0.25) is 5.76 Å². The second kappa shape index (κ2) is 5.64. The molecule has 1 aromatic carbocycles. The molecule has 1 aliphatic rings. The molecule has 110 valence electrons. The summed E-state index contributed by atoms with van der Waals surface area (Å²) in [7, 11) is 0. The topological polar surface area (TPSA) is 59.7 Å². The highest BCUT2D eigenvalue weighted by atomic mass is 16.5. The van der Waals surface area contributed by atoms with Gasteiger partial charge in [0.1, 0.15) is 18.1 Å². The van der Waals surface area contributed by atoms with E-state index in [4.69, 9.17) is 14.3 Å². The Morgan fingerprint density at radius 2 is 2.00 bits per heavy atom. The van der Waals surface area contributed by atoms with Crippen molar-refractivity contribution in [3.63, 3.8) is 0 Å². The van der Waals surface area contributed by atoms with Crippen LogP contribution < -0.4 is 4.74 Å². The van der Waals surface area contributed by atoms with Crippen LogP contribution in [0.1, 0.15) is 45.8 Å². The summed E-state index contributed by atoms with van der Waals surface area (Å²) in [5, 5.41) is 8.91. The number of furan rings is 1. The molecular weight excluding hydrogens is 268 g/mol. The Bertz CT molecular complexity index is 669. The van der Waals surface area contributed by atoms with Crippen molar-refractivity contribution in [2.75, 3.05) is 0 Å². The Morgan fingerprint density at radius 1 is 1.24 bits per heavy atom. The standard InChI is InChI=1S/C17H18O4/c1-11-14(9-16(21-11)17(18)19)10-20-15-7-6-12-4-2-3-5-13(12)8-15/h6-9H,2-5,10H2,1H3,(H,18,19). The largest absolute Gasteiger partial charge is 0.489 e. The predicted molar refractivity (Wildman–Crippen MR) is 77.8 cm³/mol. The molecule has 1 heterocycles. The first kappa shape index (κ1) is 13.7. The summed E-state index contributed by atoms with van der Waals surface area (Å²) in [4.78, 5) is 10.9. The van der Waals surface area contributed by atoms with Crippen molar-refractivity contribution < 1.29 is 19.1 Å². The van der Waals surface area contributed by atoms with Gasteiger partial charge in [-0.25, -0.2) is 4.79 Å². The number of carboxylic acids is 1. The number of carbonyl (C=O) groups is 1. The van der Waals surface area contributed by atoms with E-state index in [0.717, 1.165) is 24.2 Å². The van der Waals surface area contributed by atoms with Crippen LogP contribution in [0.15, 0.2) is 28.7 Å². The van der Waals surface area contributed by atoms with E-state index in [9.17, 15) is 4.79 Å². The summed E-state index contributed by atoms with van der Waals surface area (Å²) in [5.74, 6) is 0.313. The van der Waals surface area contributed by atoms with Crippen molar-refractivity contribution in [1.82, 2.24) is 0 Å². The molecule has 2 aromatic rings. The average Bonchev–Trinajstić information content (AvgIpc) is 2.86. The average molecular weight is 286 g/mol. The molecule has 0 saturated carbocycles. The molecule has 1 N–H and O–H groups in total. The number of hydrogen-bond acceptors (Lipinski definition) is 3. The number of aromatic carboxylic acids is 1. The number of carboxylic acid groups (broad SMARTS) is 1. The third-order valence-corrected chi connectivity index (χ3v) is 3.95. The normalized spacial score (nSPS) is 13.8. The first-order valence-electron chi connectivity index (χ1n) is 7.20. The maximum absolute atomic E-state index is 10.9. The predicted octanol–water partition coefficient (Wildman–Crippen LogP) is 3.74. The molecule has 0 saturated heterocycles. The maximum atomic E-state index is 10.9. The molecule has 1 aromatic heterocycles. The molecule has 0 spiro atoms. The summed E-state index contributed by atoms with van der Waals surface area (Å²) >= 11 is 0. The first-order valence-corrected chi connectivity index (χ1v) is 7.20. The second-order valence-corrected chi connectivity index (χ2v) is 5.42. The van der Waals surface area contributed by atoms with Gasteiger partial charge in [0.15, 0.2) is 0 Å².